The number of nitrogens with one attached hydrogen (secondary N) is 1. The molecule has 0 radical (unpaired) electrons. The largest absolute Gasteiger partial charge is 0.323 e. The van der Waals surface area contributed by atoms with Crippen molar-refractivity contribution in [1.29, 1.82) is 0 Å². The maximum absolute atomic E-state index is 5.25. The van der Waals surface area contributed by atoms with E-state index in [0.717, 1.165) is 16.6 Å². The van der Waals surface area contributed by atoms with E-state index < -0.39 is 0 Å². The minimum atomic E-state index is 0. The van der Waals surface area contributed by atoms with Crippen LogP contribution in [0.4, 0.5) is 5.69 Å². The van der Waals surface area contributed by atoms with Gasteiger partial charge in [0, 0.05) is 5.39 Å². The van der Waals surface area contributed by atoms with Crippen LogP contribution in [-0.2, 0) is 0 Å². The number of hydrogen-bond acceptors (Lipinski definition) is 3. The Hall–Kier alpha value is -1.32. The predicted molar refractivity (Wildman–Crippen MR) is 56.8 cm³/mol. The summed E-state index contributed by atoms with van der Waals surface area (Å²) in [5, 5.41) is 1.09. The zero-order valence-corrected chi connectivity index (χ0v) is 7.71. The van der Waals surface area contributed by atoms with Crippen LogP contribution in [0.3, 0.4) is 0 Å². The highest BCUT2D eigenvalue weighted by molar-refractivity contribution is 5.85. The molecule has 0 spiro atoms. The monoisotopic (exact) mass is 195 g/mol. The number of rotatable bonds is 1. The minimum Gasteiger partial charge on any atom is -0.323 e. The van der Waals surface area contributed by atoms with Gasteiger partial charge in [0.2, 0.25) is 0 Å². The fraction of sp³-hybridized carbons (Fsp3) is 0. The highest BCUT2D eigenvalue weighted by Crippen LogP contribution is 2.14. The molecular formula is C9H10ClN3. The molecule has 13 heavy (non-hydrogen) atoms. The number of nitrogen functional groups attached to an aromatic ring is 1. The first-order valence-corrected chi connectivity index (χ1v) is 3.71. The van der Waals surface area contributed by atoms with Crippen LogP contribution in [0.25, 0.3) is 10.9 Å². The molecule has 1 heterocycles. The van der Waals surface area contributed by atoms with E-state index in [2.05, 4.69) is 10.4 Å². The molecule has 0 atom stereocenters. The maximum Gasteiger partial charge on any atom is 0.0703 e. The van der Waals surface area contributed by atoms with Gasteiger partial charge in [-0.1, -0.05) is 18.2 Å². The molecule has 1 aromatic heterocycles. The summed E-state index contributed by atoms with van der Waals surface area (Å²) in [6, 6.07) is 9.87. The number of halogens is 1. The van der Waals surface area contributed by atoms with Gasteiger partial charge in [-0.25, -0.2) is 0 Å². The minimum absolute atomic E-state index is 0. The van der Waals surface area contributed by atoms with E-state index in [1.54, 1.807) is 6.20 Å². The van der Waals surface area contributed by atoms with Crippen molar-refractivity contribution in [1.82, 2.24) is 4.98 Å². The number of nitrogens with two attached hydrogens (primary N) is 1. The van der Waals surface area contributed by atoms with Crippen LogP contribution in [0, 0.1) is 0 Å². The Morgan fingerprint density at radius 2 is 2.00 bits per heavy atom. The Labute approximate surface area is 82.3 Å². The Morgan fingerprint density at radius 1 is 1.23 bits per heavy atom. The number of aromatic nitrogens is 1. The molecule has 0 saturated carbocycles. The molecule has 0 aliphatic carbocycles. The molecule has 0 unspecified atom stereocenters. The predicted octanol–water partition coefficient (Wildman–Crippen LogP) is 1.94. The van der Waals surface area contributed by atoms with Crippen molar-refractivity contribution in [2.75, 3.05) is 5.43 Å². The second-order valence-electron chi connectivity index (χ2n) is 2.56. The summed E-state index contributed by atoms with van der Waals surface area (Å²) in [4.78, 5) is 4.21. The summed E-state index contributed by atoms with van der Waals surface area (Å²) in [5.74, 6) is 5.25. The summed E-state index contributed by atoms with van der Waals surface area (Å²) in [5.41, 5.74) is 4.37. The molecule has 4 heteroatoms. The van der Waals surface area contributed by atoms with E-state index in [1.807, 2.05) is 30.3 Å². The van der Waals surface area contributed by atoms with Crippen molar-refractivity contribution in [2.24, 2.45) is 5.84 Å². The van der Waals surface area contributed by atoms with Gasteiger partial charge in [0.25, 0.3) is 0 Å². The van der Waals surface area contributed by atoms with E-state index in [-0.39, 0.29) is 12.4 Å². The number of hydrogen-bond donors (Lipinski definition) is 2. The van der Waals surface area contributed by atoms with Crippen molar-refractivity contribution in [3.05, 3.63) is 36.5 Å². The van der Waals surface area contributed by atoms with Crippen LogP contribution >= 0.6 is 12.4 Å². The quantitative estimate of drug-likeness (QED) is 0.540. The molecule has 0 saturated heterocycles. The lowest BCUT2D eigenvalue weighted by Crippen LogP contribution is -2.06. The molecule has 0 fully saturated rings. The highest BCUT2D eigenvalue weighted by atomic mass is 35.5. The van der Waals surface area contributed by atoms with Gasteiger partial charge >= 0.3 is 0 Å². The zero-order valence-electron chi connectivity index (χ0n) is 6.90. The van der Waals surface area contributed by atoms with Crippen LogP contribution in [0.5, 0.6) is 0 Å². The molecule has 0 bridgehead atoms. The van der Waals surface area contributed by atoms with Crippen LogP contribution in [0.1, 0.15) is 0 Å². The average molecular weight is 196 g/mol. The fourth-order valence-corrected chi connectivity index (χ4v) is 1.15. The number of para-hydroxylation sites is 1. The molecule has 2 aromatic rings. The van der Waals surface area contributed by atoms with Gasteiger partial charge in [-0.3, -0.25) is 10.8 Å². The number of pyridine rings is 1. The molecule has 3 N–H and O–H groups in total. The molecular weight excluding hydrogens is 186 g/mol. The van der Waals surface area contributed by atoms with Crippen LogP contribution < -0.4 is 11.3 Å². The smallest absolute Gasteiger partial charge is 0.0703 e. The van der Waals surface area contributed by atoms with Gasteiger partial charge < -0.3 is 5.43 Å². The van der Waals surface area contributed by atoms with Gasteiger partial charge in [-0.2, -0.15) is 0 Å². The lowest BCUT2D eigenvalue weighted by molar-refractivity contribution is 1.31. The number of fused-ring (bicyclic) bond motifs is 1. The number of anilines is 1. The van der Waals surface area contributed by atoms with Crippen LogP contribution in [0.2, 0.25) is 0 Å². The number of nitrogens with zero attached hydrogens (tertiary/aromatic N) is 1. The second kappa shape index (κ2) is 4.07. The molecule has 2 rings (SSSR count). The second-order valence-corrected chi connectivity index (χ2v) is 2.56. The maximum atomic E-state index is 5.25. The number of hydrazine groups is 1. The molecule has 0 aliphatic heterocycles. The van der Waals surface area contributed by atoms with Gasteiger partial charge in [0.05, 0.1) is 17.4 Å². The topological polar surface area (TPSA) is 50.9 Å². The zero-order chi connectivity index (χ0) is 8.39. The standard InChI is InChI=1S/C9H9N3.ClH/c10-12-8-5-7-3-1-2-4-9(7)11-6-8;/h1-6,12H,10H2;1H. The van der Waals surface area contributed by atoms with Gasteiger partial charge in [0.1, 0.15) is 0 Å². The highest BCUT2D eigenvalue weighted by Gasteiger charge is 1.93. The first-order valence-electron chi connectivity index (χ1n) is 3.71. The Balaban J connectivity index is 0.000000845. The first-order chi connectivity index (χ1) is 5.90. The summed E-state index contributed by atoms with van der Waals surface area (Å²) in [6.07, 6.45) is 1.71. The van der Waals surface area contributed by atoms with E-state index in [4.69, 9.17) is 5.84 Å². The fourth-order valence-electron chi connectivity index (χ4n) is 1.15. The van der Waals surface area contributed by atoms with Crippen molar-refractivity contribution in [2.45, 2.75) is 0 Å². The molecule has 0 amide bonds. The molecule has 0 aliphatic rings. The van der Waals surface area contributed by atoms with Gasteiger partial charge in [-0.15, -0.1) is 12.4 Å². The normalized spacial score (nSPS) is 9.31. The van der Waals surface area contributed by atoms with Crippen molar-refractivity contribution in [3.8, 4) is 0 Å². The summed E-state index contributed by atoms with van der Waals surface area (Å²) in [6.45, 7) is 0. The molecule has 68 valence electrons. The Bertz CT molecular complexity index is 403. The third-order valence-corrected chi connectivity index (χ3v) is 1.76. The van der Waals surface area contributed by atoms with Crippen molar-refractivity contribution >= 4 is 29.0 Å². The Morgan fingerprint density at radius 3 is 2.77 bits per heavy atom. The summed E-state index contributed by atoms with van der Waals surface area (Å²) in [7, 11) is 0. The lowest BCUT2D eigenvalue weighted by atomic mass is 10.2. The van der Waals surface area contributed by atoms with Gasteiger partial charge in [-0.05, 0) is 12.1 Å². The average Bonchev–Trinajstić information content (AvgIpc) is 2.17. The van der Waals surface area contributed by atoms with E-state index >= 15 is 0 Å². The van der Waals surface area contributed by atoms with Crippen molar-refractivity contribution < 1.29 is 0 Å². The van der Waals surface area contributed by atoms with Crippen molar-refractivity contribution in [3.63, 3.8) is 0 Å². The lowest BCUT2D eigenvalue weighted by Gasteiger charge is -2.00. The number of benzene rings is 1. The SMILES string of the molecule is Cl.NNc1cnc2ccccc2c1. The van der Waals surface area contributed by atoms with E-state index in [1.165, 1.54) is 0 Å². The first kappa shape index (κ1) is 9.77. The van der Waals surface area contributed by atoms with E-state index in [9.17, 15) is 0 Å². The van der Waals surface area contributed by atoms with E-state index in [0.29, 0.717) is 0 Å². The molecule has 3 nitrogen and oxygen atoms in total. The third-order valence-electron chi connectivity index (χ3n) is 1.76. The van der Waals surface area contributed by atoms with Crippen LogP contribution in [0.15, 0.2) is 36.5 Å². The summed E-state index contributed by atoms with van der Waals surface area (Å²) < 4.78 is 0. The molecule has 1 aromatic carbocycles. The van der Waals surface area contributed by atoms with Crippen LogP contribution in [-0.4, -0.2) is 4.98 Å². The third kappa shape index (κ3) is 1.88. The summed E-state index contributed by atoms with van der Waals surface area (Å²) >= 11 is 0. The Kier molecular flexibility index (Phi) is 3.06. The van der Waals surface area contributed by atoms with Gasteiger partial charge in [0.15, 0.2) is 0 Å².